The average molecular weight is 415 g/mol. The molecule has 0 saturated heterocycles. The summed E-state index contributed by atoms with van der Waals surface area (Å²) in [6.07, 6.45) is 2.71. The van der Waals surface area contributed by atoms with Crippen LogP contribution in [0.2, 0.25) is 0 Å². The Morgan fingerprint density at radius 1 is 1.19 bits per heavy atom. The molecule has 3 rings (SSSR count). The fourth-order valence-corrected chi connectivity index (χ4v) is 3.39. The van der Waals surface area contributed by atoms with Crippen molar-refractivity contribution in [2.75, 3.05) is 13.1 Å². The molecule has 2 N–H and O–H groups in total. The van der Waals surface area contributed by atoms with Crippen LogP contribution >= 0.6 is 15.9 Å². The minimum Gasteiger partial charge on any atom is -0.357 e. The number of rotatable bonds is 6. The summed E-state index contributed by atoms with van der Waals surface area (Å²) < 4.78 is 3.09. The predicted molar refractivity (Wildman–Crippen MR) is 108 cm³/mol. The van der Waals surface area contributed by atoms with Gasteiger partial charge < -0.3 is 10.6 Å². The Morgan fingerprint density at radius 2 is 2.00 bits per heavy atom. The fraction of sp³-hybridized carbons (Fsp3) is 0.316. The second-order valence-corrected chi connectivity index (χ2v) is 6.80. The van der Waals surface area contributed by atoms with E-state index in [0.29, 0.717) is 6.54 Å². The van der Waals surface area contributed by atoms with E-state index in [9.17, 15) is 0 Å². The molecule has 136 valence electrons. The molecule has 0 saturated carbocycles. The summed E-state index contributed by atoms with van der Waals surface area (Å²) in [4.78, 5) is 4.69. The number of fused-ring (bicyclic) bond motifs is 1. The summed E-state index contributed by atoms with van der Waals surface area (Å²) in [6, 6.07) is 14.2. The van der Waals surface area contributed by atoms with E-state index in [1.807, 2.05) is 47.0 Å². The molecule has 1 unspecified atom stereocenters. The normalized spacial score (nSPS) is 13.0. The zero-order valence-corrected chi connectivity index (χ0v) is 16.6. The molecule has 3 aromatic rings. The summed E-state index contributed by atoms with van der Waals surface area (Å²) in [5.41, 5.74) is 2.06. The molecule has 0 bridgehead atoms. The van der Waals surface area contributed by atoms with Gasteiger partial charge in [-0.15, -0.1) is 10.2 Å². The van der Waals surface area contributed by atoms with Crippen molar-refractivity contribution in [3.05, 3.63) is 64.5 Å². The second kappa shape index (κ2) is 8.80. The van der Waals surface area contributed by atoms with Crippen LogP contribution < -0.4 is 10.6 Å². The van der Waals surface area contributed by atoms with Gasteiger partial charge in [-0.2, -0.15) is 0 Å². The number of hydrogen-bond acceptors (Lipinski definition) is 3. The Hall–Kier alpha value is -2.41. The fourth-order valence-electron chi connectivity index (χ4n) is 2.76. The van der Waals surface area contributed by atoms with Crippen LogP contribution in [0.25, 0.3) is 5.65 Å². The van der Waals surface area contributed by atoms with Crippen molar-refractivity contribution < 1.29 is 0 Å². The van der Waals surface area contributed by atoms with Crippen molar-refractivity contribution in [2.45, 2.75) is 26.3 Å². The largest absolute Gasteiger partial charge is 0.357 e. The molecular weight excluding hydrogens is 392 g/mol. The van der Waals surface area contributed by atoms with Gasteiger partial charge in [0.1, 0.15) is 5.82 Å². The van der Waals surface area contributed by atoms with Gasteiger partial charge in [0.15, 0.2) is 11.6 Å². The first kappa shape index (κ1) is 18.4. The molecule has 1 atom stereocenters. The first-order chi connectivity index (χ1) is 12.7. The van der Waals surface area contributed by atoms with Crippen LogP contribution in [-0.2, 0) is 6.42 Å². The Labute approximate surface area is 161 Å². The van der Waals surface area contributed by atoms with E-state index in [2.05, 4.69) is 61.7 Å². The van der Waals surface area contributed by atoms with Crippen molar-refractivity contribution in [3.8, 4) is 0 Å². The number of benzene rings is 1. The van der Waals surface area contributed by atoms with Gasteiger partial charge in [0.05, 0.1) is 6.04 Å². The predicted octanol–water partition coefficient (Wildman–Crippen LogP) is 3.35. The first-order valence-electron chi connectivity index (χ1n) is 8.77. The molecule has 0 spiro atoms. The lowest BCUT2D eigenvalue weighted by molar-refractivity contribution is 0.682. The highest BCUT2D eigenvalue weighted by molar-refractivity contribution is 9.10. The third-order valence-electron chi connectivity index (χ3n) is 4.06. The Morgan fingerprint density at radius 3 is 2.81 bits per heavy atom. The zero-order chi connectivity index (χ0) is 18.4. The second-order valence-electron chi connectivity index (χ2n) is 5.94. The minimum absolute atomic E-state index is 0.136. The Bertz CT molecular complexity index is 888. The maximum Gasteiger partial charge on any atom is 0.191 e. The van der Waals surface area contributed by atoms with E-state index in [-0.39, 0.29) is 6.04 Å². The maximum absolute atomic E-state index is 4.69. The highest BCUT2D eigenvalue weighted by atomic mass is 79.9. The SMILES string of the molecule is CCNC(=NCCc1nnc2ccccn12)NC(C)c1ccccc1Br. The molecule has 0 aliphatic heterocycles. The quantitative estimate of drug-likeness (QED) is 0.479. The molecule has 0 aliphatic carbocycles. The van der Waals surface area contributed by atoms with Gasteiger partial charge in [-0.1, -0.05) is 40.2 Å². The molecule has 1 aromatic carbocycles. The zero-order valence-electron chi connectivity index (χ0n) is 15.0. The summed E-state index contributed by atoms with van der Waals surface area (Å²) in [7, 11) is 0. The Kier molecular flexibility index (Phi) is 6.22. The summed E-state index contributed by atoms with van der Waals surface area (Å²) in [5.74, 6) is 1.71. The van der Waals surface area contributed by atoms with E-state index < -0.39 is 0 Å². The van der Waals surface area contributed by atoms with Crippen molar-refractivity contribution in [1.82, 2.24) is 25.2 Å². The van der Waals surface area contributed by atoms with Gasteiger partial charge in [-0.3, -0.25) is 9.39 Å². The van der Waals surface area contributed by atoms with Crippen molar-refractivity contribution in [1.29, 1.82) is 0 Å². The van der Waals surface area contributed by atoms with E-state index in [0.717, 1.165) is 34.9 Å². The summed E-state index contributed by atoms with van der Waals surface area (Å²) in [5, 5.41) is 15.2. The molecule has 2 heterocycles. The van der Waals surface area contributed by atoms with Gasteiger partial charge in [0.2, 0.25) is 0 Å². The highest BCUT2D eigenvalue weighted by Crippen LogP contribution is 2.22. The van der Waals surface area contributed by atoms with Crippen molar-refractivity contribution in [3.63, 3.8) is 0 Å². The van der Waals surface area contributed by atoms with Gasteiger partial charge >= 0.3 is 0 Å². The monoisotopic (exact) mass is 414 g/mol. The number of aromatic nitrogens is 3. The standard InChI is InChI=1S/C19H23BrN6/c1-3-21-19(23-14(2)15-8-4-5-9-16(15)20)22-12-11-18-25-24-17-10-6-7-13-26(17)18/h4-10,13-14H,3,11-12H2,1-2H3,(H2,21,22,23). The minimum atomic E-state index is 0.136. The number of aliphatic imine (C=N–C) groups is 1. The third kappa shape index (κ3) is 4.40. The molecular formula is C19H23BrN6. The Balaban J connectivity index is 1.66. The van der Waals surface area contributed by atoms with Gasteiger partial charge in [-0.25, -0.2) is 0 Å². The number of halogens is 1. The van der Waals surface area contributed by atoms with Crippen molar-refractivity contribution >= 4 is 27.5 Å². The smallest absolute Gasteiger partial charge is 0.191 e. The topological polar surface area (TPSA) is 66.6 Å². The molecule has 0 fully saturated rings. The summed E-state index contributed by atoms with van der Waals surface area (Å²) in [6.45, 7) is 5.63. The molecule has 26 heavy (non-hydrogen) atoms. The maximum atomic E-state index is 4.69. The molecule has 2 aromatic heterocycles. The van der Waals surface area contributed by atoms with Gasteiger partial charge in [0, 0.05) is 30.2 Å². The number of hydrogen-bond donors (Lipinski definition) is 2. The van der Waals surface area contributed by atoms with E-state index in [4.69, 9.17) is 0 Å². The molecule has 6 nitrogen and oxygen atoms in total. The van der Waals surface area contributed by atoms with Crippen LogP contribution in [0.5, 0.6) is 0 Å². The van der Waals surface area contributed by atoms with Crippen LogP contribution in [0.4, 0.5) is 0 Å². The number of pyridine rings is 1. The van der Waals surface area contributed by atoms with Crippen LogP contribution in [-0.4, -0.2) is 33.6 Å². The van der Waals surface area contributed by atoms with E-state index in [1.54, 1.807) is 0 Å². The lowest BCUT2D eigenvalue weighted by Gasteiger charge is -2.19. The molecule has 7 heteroatoms. The molecule has 0 aliphatic rings. The number of nitrogens with zero attached hydrogens (tertiary/aromatic N) is 4. The number of nitrogens with one attached hydrogen (secondary N) is 2. The van der Waals surface area contributed by atoms with E-state index >= 15 is 0 Å². The van der Waals surface area contributed by atoms with Gasteiger partial charge in [0.25, 0.3) is 0 Å². The highest BCUT2D eigenvalue weighted by Gasteiger charge is 2.10. The van der Waals surface area contributed by atoms with Crippen LogP contribution in [0, 0.1) is 0 Å². The number of guanidine groups is 1. The average Bonchev–Trinajstić information content (AvgIpc) is 3.05. The lowest BCUT2D eigenvalue weighted by atomic mass is 10.1. The van der Waals surface area contributed by atoms with E-state index in [1.165, 1.54) is 5.56 Å². The van der Waals surface area contributed by atoms with Crippen molar-refractivity contribution in [2.24, 2.45) is 4.99 Å². The third-order valence-corrected chi connectivity index (χ3v) is 4.78. The van der Waals surface area contributed by atoms with Gasteiger partial charge in [-0.05, 0) is 37.6 Å². The molecule has 0 amide bonds. The van der Waals surface area contributed by atoms with Crippen LogP contribution in [0.15, 0.2) is 58.1 Å². The molecule has 0 radical (unpaired) electrons. The van der Waals surface area contributed by atoms with Crippen LogP contribution in [0.3, 0.4) is 0 Å². The summed E-state index contributed by atoms with van der Waals surface area (Å²) >= 11 is 3.61. The first-order valence-corrected chi connectivity index (χ1v) is 9.56. The lowest BCUT2D eigenvalue weighted by Crippen LogP contribution is -2.39. The van der Waals surface area contributed by atoms with Crippen LogP contribution in [0.1, 0.15) is 31.3 Å².